The number of hydrogen-bond donors (Lipinski definition) is 0. The van der Waals surface area contributed by atoms with E-state index in [1.165, 1.54) is 0 Å². The average molecular weight is 385 g/mol. The molecule has 0 spiro atoms. The molecule has 0 saturated carbocycles. The van der Waals surface area contributed by atoms with Crippen molar-refractivity contribution in [1.29, 1.82) is 5.26 Å². The van der Waals surface area contributed by atoms with Crippen molar-refractivity contribution < 1.29 is 13.9 Å². The fourth-order valence-electron chi connectivity index (χ4n) is 4.28. The molecule has 0 saturated heterocycles. The largest absolute Gasteiger partial charge is 0.459 e. The quantitative estimate of drug-likeness (QED) is 0.540. The van der Waals surface area contributed by atoms with E-state index >= 15 is 0 Å². The molecule has 2 aromatic carbocycles. The summed E-state index contributed by atoms with van der Waals surface area (Å²) >= 11 is 0. The van der Waals surface area contributed by atoms with Gasteiger partial charge in [0.25, 0.3) is 0 Å². The SMILES string of the molecule is CC(C)(C)C1c2ccccc2C(C#N)=Cc2c1oc1cc3c(cc1c2=O)OCO3. The molecule has 1 aliphatic carbocycles. The van der Waals surface area contributed by atoms with E-state index in [1.54, 1.807) is 18.2 Å². The Morgan fingerprint density at radius 1 is 1.10 bits per heavy atom. The molecule has 0 fully saturated rings. The van der Waals surface area contributed by atoms with Crippen LogP contribution in [0, 0.1) is 16.7 Å². The van der Waals surface area contributed by atoms with Crippen molar-refractivity contribution in [3.63, 3.8) is 0 Å². The molecule has 1 unspecified atom stereocenters. The lowest BCUT2D eigenvalue weighted by Gasteiger charge is -2.31. The van der Waals surface area contributed by atoms with Crippen LogP contribution >= 0.6 is 0 Å². The fourth-order valence-corrected chi connectivity index (χ4v) is 4.28. The summed E-state index contributed by atoms with van der Waals surface area (Å²) in [5, 5.41) is 10.2. The molecule has 1 aromatic heterocycles. The highest BCUT2D eigenvalue weighted by Gasteiger charge is 2.37. The Balaban J connectivity index is 1.93. The van der Waals surface area contributed by atoms with Crippen molar-refractivity contribution in [2.75, 3.05) is 6.79 Å². The van der Waals surface area contributed by atoms with Crippen LogP contribution in [0.1, 0.15) is 49.1 Å². The highest BCUT2D eigenvalue weighted by atomic mass is 16.7. The van der Waals surface area contributed by atoms with E-state index in [1.807, 2.05) is 24.3 Å². The normalized spacial score (nSPS) is 17.2. The Hall–Kier alpha value is -3.52. The first-order valence-electron chi connectivity index (χ1n) is 9.50. The van der Waals surface area contributed by atoms with Crippen LogP contribution in [0.5, 0.6) is 11.5 Å². The first-order valence-corrected chi connectivity index (χ1v) is 9.50. The van der Waals surface area contributed by atoms with E-state index in [4.69, 9.17) is 13.9 Å². The Labute approximate surface area is 167 Å². The van der Waals surface area contributed by atoms with Crippen molar-refractivity contribution in [2.45, 2.75) is 26.7 Å². The maximum atomic E-state index is 13.5. The fraction of sp³-hybridized carbons (Fsp3) is 0.250. The van der Waals surface area contributed by atoms with Gasteiger partial charge in [0.15, 0.2) is 16.9 Å². The lowest BCUT2D eigenvalue weighted by molar-refractivity contribution is 0.174. The molecule has 1 aliphatic heterocycles. The first kappa shape index (κ1) is 17.6. The topological polar surface area (TPSA) is 72.5 Å². The summed E-state index contributed by atoms with van der Waals surface area (Å²) in [6.07, 6.45) is 1.66. The van der Waals surface area contributed by atoms with E-state index in [2.05, 4.69) is 26.8 Å². The Bertz CT molecular complexity index is 1300. The summed E-state index contributed by atoms with van der Waals surface area (Å²) in [6, 6.07) is 13.4. The molecule has 0 N–H and O–H groups in total. The van der Waals surface area contributed by atoms with E-state index in [-0.39, 0.29) is 23.6 Å². The minimum absolute atomic E-state index is 0.121. The summed E-state index contributed by atoms with van der Waals surface area (Å²) < 4.78 is 17.3. The Morgan fingerprint density at radius 2 is 1.83 bits per heavy atom. The van der Waals surface area contributed by atoms with Gasteiger partial charge < -0.3 is 13.9 Å². The van der Waals surface area contributed by atoms with Crippen LogP contribution in [-0.2, 0) is 0 Å². The lowest BCUT2D eigenvalue weighted by Crippen LogP contribution is -2.23. The van der Waals surface area contributed by atoms with Gasteiger partial charge >= 0.3 is 0 Å². The zero-order valence-electron chi connectivity index (χ0n) is 16.4. The summed E-state index contributed by atoms with van der Waals surface area (Å²) in [5.74, 6) is 1.47. The highest BCUT2D eigenvalue weighted by molar-refractivity contribution is 5.94. The predicted octanol–water partition coefficient (Wildman–Crippen LogP) is 5.08. The monoisotopic (exact) mass is 385 g/mol. The van der Waals surface area contributed by atoms with Crippen molar-refractivity contribution in [3.05, 3.63) is 69.1 Å². The number of nitrogens with zero attached hydrogens (tertiary/aromatic N) is 1. The zero-order valence-corrected chi connectivity index (χ0v) is 16.4. The van der Waals surface area contributed by atoms with Gasteiger partial charge in [-0.3, -0.25) is 4.79 Å². The molecule has 5 rings (SSSR count). The number of allylic oxidation sites excluding steroid dienone is 1. The van der Waals surface area contributed by atoms with Gasteiger partial charge in [-0.15, -0.1) is 0 Å². The number of hydrogen-bond acceptors (Lipinski definition) is 5. The van der Waals surface area contributed by atoms with Crippen molar-refractivity contribution in [1.82, 2.24) is 0 Å². The number of benzene rings is 2. The maximum Gasteiger partial charge on any atom is 0.231 e. The molecule has 0 radical (unpaired) electrons. The molecule has 3 aromatic rings. The standard InChI is InChI=1S/C24H19NO4/c1-24(2,3)21-15-7-5-4-6-14(15)13(11-25)8-17-22(26)16-9-19-20(28-12-27-19)10-18(16)29-23(17)21/h4-10,21H,12H2,1-3H3. The van der Waals surface area contributed by atoms with Crippen LogP contribution in [0.25, 0.3) is 22.6 Å². The molecular formula is C24H19NO4. The van der Waals surface area contributed by atoms with Gasteiger partial charge in [-0.25, -0.2) is 0 Å². The van der Waals surface area contributed by atoms with Crippen molar-refractivity contribution >= 4 is 22.6 Å². The average Bonchev–Trinajstić information content (AvgIpc) is 3.07. The second-order valence-electron chi connectivity index (χ2n) is 8.47. The lowest BCUT2D eigenvalue weighted by atomic mass is 9.73. The molecule has 5 heteroatoms. The van der Waals surface area contributed by atoms with Crippen LogP contribution in [0.15, 0.2) is 45.6 Å². The minimum Gasteiger partial charge on any atom is -0.459 e. The number of rotatable bonds is 0. The first-order chi connectivity index (χ1) is 13.9. The third kappa shape index (κ3) is 2.56. The third-order valence-corrected chi connectivity index (χ3v) is 5.55. The Kier molecular flexibility index (Phi) is 3.63. The zero-order chi connectivity index (χ0) is 20.3. The summed E-state index contributed by atoms with van der Waals surface area (Å²) in [7, 11) is 0. The summed E-state index contributed by atoms with van der Waals surface area (Å²) in [6.45, 7) is 6.45. The molecule has 1 atom stereocenters. The Morgan fingerprint density at radius 3 is 2.55 bits per heavy atom. The van der Waals surface area contributed by atoms with Gasteiger partial charge in [-0.05, 0) is 28.7 Å². The number of ether oxygens (including phenoxy) is 2. The van der Waals surface area contributed by atoms with Crippen molar-refractivity contribution in [3.8, 4) is 17.6 Å². The van der Waals surface area contributed by atoms with Gasteiger partial charge in [0.1, 0.15) is 11.3 Å². The van der Waals surface area contributed by atoms with E-state index < -0.39 is 0 Å². The minimum atomic E-state index is -0.246. The van der Waals surface area contributed by atoms with Gasteiger partial charge in [0, 0.05) is 12.0 Å². The van der Waals surface area contributed by atoms with Gasteiger partial charge in [0.05, 0.1) is 22.6 Å². The highest BCUT2D eigenvalue weighted by Crippen LogP contribution is 2.47. The molecule has 0 bridgehead atoms. The second kappa shape index (κ2) is 5.99. The van der Waals surface area contributed by atoms with E-state index in [0.717, 1.165) is 11.1 Å². The van der Waals surface area contributed by atoms with E-state index in [9.17, 15) is 10.1 Å². The number of fused-ring (bicyclic) bond motifs is 4. The second-order valence-corrected chi connectivity index (χ2v) is 8.47. The van der Waals surface area contributed by atoms with Crippen LogP contribution in [0.4, 0.5) is 0 Å². The smallest absolute Gasteiger partial charge is 0.231 e. The molecule has 0 amide bonds. The molecule has 29 heavy (non-hydrogen) atoms. The molecule has 144 valence electrons. The third-order valence-electron chi connectivity index (χ3n) is 5.55. The van der Waals surface area contributed by atoms with Gasteiger partial charge in [-0.1, -0.05) is 45.0 Å². The predicted molar refractivity (Wildman–Crippen MR) is 110 cm³/mol. The molecular weight excluding hydrogens is 366 g/mol. The van der Waals surface area contributed by atoms with Crippen LogP contribution in [0.2, 0.25) is 0 Å². The van der Waals surface area contributed by atoms with Crippen molar-refractivity contribution in [2.24, 2.45) is 5.41 Å². The molecule has 2 heterocycles. The maximum absolute atomic E-state index is 13.5. The molecule has 2 aliphatic rings. The molecule has 5 nitrogen and oxygen atoms in total. The van der Waals surface area contributed by atoms with Crippen LogP contribution in [0.3, 0.4) is 0 Å². The van der Waals surface area contributed by atoms with E-state index in [0.29, 0.717) is 39.4 Å². The van der Waals surface area contributed by atoms with Gasteiger partial charge in [-0.2, -0.15) is 5.26 Å². The van der Waals surface area contributed by atoms with Crippen LogP contribution < -0.4 is 14.9 Å². The number of nitriles is 1. The van der Waals surface area contributed by atoms with Crippen LogP contribution in [-0.4, -0.2) is 6.79 Å². The van der Waals surface area contributed by atoms with Gasteiger partial charge in [0.2, 0.25) is 6.79 Å². The summed E-state index contributed by atoms with van der Waals surface area (Å²) in [5.41, 5.74) is 2.73. The summed E-state index contributed by atoms with van der Waals surface area (Å²) in [4.78, 5) is 13.5.